The van der Waals surface area contributed by atoms with Gasteiger partial charge >= 0.3 is 39.5 Å². The zero-order valence-corrected chi connectivity index (χ0v) is 62.5. The first-order chi connectivity index (χ1) is 44.7. The van der Waals surface area contributed by atoms with E-state index < -0.39 is 97.5 Å². The van der Waals surface area contributed by atoms with Crippen LogP contribution < -0.4 is 0 Å². The van der Waals surface area contributed by atoms with Crippen LogP contribution in [-0.4, -0.2) is 96.7 Å². The summed E-state index contributed by atoms with van der Waals surface area (Å²) in [6.45, 7) is 11.9. The van der Waals surface area contributed by atoms with E-state index in [-0.39, 0.29) is 25.7 Å². The molecule has 0 aliphatic rings. The van der Waals surface area contributed by atoms with E-state index in [0.717, 1.165) is 120 Å². The van der Waals surface area contributed by atoms with E-state index in [4.69, 9.17) is 37.0 Å². The lowest BCUT2D eigenvalue weighted by atomic mass is 10.0. The molecule has 19 heteroatoms. The lowest BCUT2D eigenvalue weighted by molar-refractivity contribution is -0.161. The molecule has 3 N–H and O–H groups in total. The normalized spacial score (nSPS) is 14.1. The molecule has 0 aliphatic carbocycles. The van der Waals surface area contributed by atoms with E-state index in [1.807, 2.05) is 0 Å². The third-order valence-corrected chi connectivity index (χ3v) is 19.0. The fourth-order valence-electron chi connectivity index (χ4n) is 11.2. The van der Waals surface area contributed by atoms with Crippen LogP contribution in [0.2, 0.25) is 0 Å². The van der Waals surface area contributed by atoms with Gasteiger partial charge in [-0.25, -0.2) is 9.13 Å². The highest BCUT2D eigenvalue weighted by Crippen LogP contribution is 2.45. The summed E-state index contributed by atoms with van der Waals surface area (Å²) in [5.41, 5.74) is 0. The highest BCUT2D eigenvalue weighted by atomic mass is 31.2. The Kier molecular flexibility index (Phi) is 63.4. The van der Waals surface area contributed by atoms with Crippen molar-refractivity contribution in [1.82, 2.24) is 0 Å². The van der Waals surface area contributed by atoms with Crippen molar-refractivity contribution in [2.24, 2.45) is 17.8 Å². The first-order valence-electron chi connectivity index (χ1n) is 38.3. The highest BCUT2D eigenvalue weighted by Gasteiger charge is 2.30. The molecule has 17 nitrogen and oxygen atoms in total. The molecular weight excluding hydrogens is 1220 g/mol. The molecule has 5 atom stereocenters. The van der Waals surface area contributed by atoms with Crippen molar-refractivity contribution in [2.45, 2.75) is 394 Å². The summed E-state index contributed by atoms with van der Waals surface area (Å²) in [5.74, 6) is 0.222. The van der Waals surface area contributed by atoms with Crippen molar-refractivity contribution in [3.8, 4) is 0 Å². The van der Waals surface area contributed by atoms with Crippen LogP contribution in [-0.2, 0) is 65.4 Å². The number of hydrogen-bond donors (Lipinski definition) is 3. The lowest BCUT2D eigenvalue weighted by Gasteiger charge is -2.21. The lowest BCUT2D eigenvalue weighted by Crippen LogP contribution is -2.30. The van der Waals surface area contributed by atoms with Crippen LogP contribution in [0, 0.1) is 17.8 Å². The average molecular weight is 1370 g/mol. The minimum atomic E-state index is -4.96. The molecule has 2 unspecified atom stereocenters. The molecule has 0 heterocycles. The van der Waals surface area contributed by atoms with E-state index in [0.29, 0.717) is 25.7 Å². The number of ether oxygens (including phenoxy) is 4. The largest absolute Gasteiger partial charge is 0.472 e. The van der Waals surface area contributed by atoms with Gasteiger partial charge in [-0.15, -0.1) is 0 Å². The van der Waals surface area contributed by atoms with Gasteiger partial charge in [-0.3, -0.25) is 37.3 Å². The Morgan fingerprint density at radius 2 is 0.495 bits per heavy atom. The number of phosphoric acid groups is 2. The van der Waals surface area contributed by atoms with Gasteiger partial charge in [0.15, 0.2) is 12.2 Å². The number of carbonyl (C=O) groups is 4. The smallest absolute Gasteiger partial charge is 0.462 e. The molecule has 0 aromatic rings. The van der Waals surface area contributed by atoms with Crippen LogP contribution in [0.5, 0.6) is 0 Å². The molecular formula is C74H144O17P2. The Labute approximate surface area is 568 Å². The molecule has 0 bridgehead atoms. The number of aliphatic hydroxyl groups is 1. The Bertz CT molecular complexity index is 1820. The van der Waals surface area contributed by atoms with E-state index in [9.17, 15) is 43.2 Å². The SMILES string of the molecule is CCCCCCCCCC(=O)OC[C@H](COP(=O)(O)OC[C@H](O)COP(=O)(O)OC[C@@H](COC(=O)CCCCCCCCCCCCCCC(C)C)OC(=O)CCCCCCCCCCCCCCCC(C)C)OC(=O)CCCCCCCCCCCCCCC(C)C. The fraction of sp³-hybridized carbons (Fsp3) is 0.946. The molecule has 0 radical (unpaired) electrons. The topological polar surface area (TPSA) is 237 Å². The minimum absolute atomic E-state index is 0.106. The summed E-state index contributed by atoms with van der Waals surface area (Å²) in [5, 5.41) is 10.6. The zero-order valence-electron chi connectivity index (χ0n) is 60.7. The Morgan fingerprint density at radius 3 is 0.731 bits per heavy atom. The summed E-state index contributed by atoms with van der Waals surface area (Å²) in [6, 6.07) is 0. The quantitative estimate of drug-likeness (QED) is 0.0222. The van der Waals surface area contributed by atoms with E-state index in [1.54, 1.807) is 0 Å². The van der Waals surface area contributed by atoms with Gasteiger partial charge < -0.3 is 33.8 Å². The number of rotatable bonds is 72. The van der Waals surface area contributed by atoms with Crippen molar-refractivity contribution < 1.29 is 80.2 Å². The number of unbranched alkanes of at least 4 members (excludes halogenated alkanes) is 40. The first-order valence-corrected chi connectivity index (χ1v) is 41.3. The van der Waals surface area contributed by atoms with Gasteiger partial charge in [0, 0.05) is 25.7 Å². The van der Waals surface area contributed by atoms with Crippen LogP contribution in [0.15, 0.2) is 0 Å². The highest BCUT2D eigenvalue weighted by molar-refractivity contribution is 7.47. The minimum Gasteiger partial charge on any atom is -0.462 e. The van der Waals surface area contributed by atoms with Gasteiger partial charge in [0.05, 0.1) is 26.4 Å². The molecule has 93 heavy (non-hydrogen) atoms. The van der Waals surface area contributed by atoms with Gasteiger partial charge in [-0.2, -0.15) is 0 Å². The van der Waals surface area contributed by atoms with E-state index in [2.05, 4.69) is 48.5 Å². The van der Waals surface area contributed by atoms with E-state index >= 15 is 0 Å². The van der Waals surface area contributed by atoms with Crippen LogP contribution >= 0.6 is 15.6 Å². The molecule has 0 saturated heterocycles. The molecule has 0 spiro atoms. The van der Waals surface area contributed by atoms with Crippen molar-refractivity contribution in [1.29, 1.82) is 0 Å². The first kappa shape index (κ1) is 91.1. The average Bonchev–Trinajstić information content (AvgIpc) is 3.07. The number of carbonyl (C=O) groups excluding carboxylic acids is 4. The van der Waals surface area contributed by atoms with Crippen LogP contribution in [0.3, 0.4) is 0 Å². The second kappa shape index (κ2) is 64.7. The standard InChI is InChI=1S/C74H144O17P2/c1-8-9-10-11-31-41-48-55-71(76)84-61-69(90-73(78)58-51-44-37-30-24-18-16-21-27-34-40-47-54-67(6)7)63-88-92(80,81)86-59-68(75)60-87-93(82,83)89-64-70(62-85-72(77)56-49-42-35-28-22-17-15-20-26-33-39-46-53-66(4)5)91-74(79)57-50-43-36-29-23-14-12-13-19-25-32-38-45-52-65(2)3/h65-70,75H,8-64H2,1-7H3,(H,80,81)(H,82,83)/t68-,69+,70+/m0/s1. The van der Waals surface area contributed by atoms with Crippen molar-refractivity contribution in [3.63, 3.8) is 0 Å². The summed E-state index contributed by atoms with van der Waals surface area (Å²) in [6.07, 6.45) is 50.0. The summed E-state index contributed by atoms with van der Waals surface area (Å²) >= 11 is 0. The Morgan fingerprint density at radius 1 is 0.290 bits per heavy atom. The number of phosphoric ester groups is 2. The van der Waals surface area contributed by atoms with Gasteiger partial charge in [-0.05, 0) is 43.4 Å². The molecule has 0 fully saturated rings. The fourth-order valence-corrected chi connectivity index (χ4v) is 12.8. The molecule has 0 amide bonds. The molecule has 0 rings (SSSR count). The second-order valence-electron chi connectivity index (χ2n) is 28.1. The number of aliphatic hydroxyl groups excluding tert-OH is 1. The molecule has 0 aromatic carbocycles. The summed E-state index contributed by atoms with van der Waals surface area (Å²) in [7, 11) is -9.90. The van der Waals surface area contributed by atoms with Crippen molar-refractivity contribution >= 4 is 39.5 Å². The van der Waals surface area contributed by atoms with Gasteiger partial charge in [0.1, 0.15) is 19.3 Å². The Balaban J connectivity index is 5.21. The monoisotopic (exact) mass is 1370 g/mol. The summed E-state index contributed by atoms with van der Waals surface area (Å²) < 4.78 is 68.4. The van der Waals surface area contributed by atoms with Gasteiger partial charge in [0.2, 0.25) is 0 Å². The predicted octanol–water partition coefficient (Wildman–Crippen LogP) is 21.4. The van der Waals surface area contributed by atoms with Crippen LogP contribution in [0.25, 0.3) is 0 Å². The maximum atomic E-state index is 13.1. The molecule has 0 aromatic heterocycles. The molecule has 0 aliphatic heterocycles. The number of hydrogen-bond acceptors (Lipinski definition) is 15. The summed E-state index contributed by atoms with van der Waals surface area (Å²) in [4.78, 5) is 72.6. The van der Waals surface area contributed by atoms with Crippen molar-refractivity contribution in [2.75, 3.05) is 39.6 Å². The van der Waals surface area contributed by atoms with Crippen LogP contribution in [0.1, 0.15) is 376 Å². The molecule has 552 valence electrons. The Hall–Kier alpha value is -1.94. The van der Waals surface area contributed by atoms with Gasteiger partial charge in [-0.1, -0.05) is 325 Å². The van der Waals surface area contributed by atoms with E-state index in [1.165, 1.54) is 173 Å². The maximum Gasteiger partial charge on any atom is 0.472 e. The van der Waals surface area contributed by atoms with Gasteiger partial charge in [0.25, 0.3) is 0 Å². The third-order valence-electron chi connectivity index (χ3n) is 17.1. The second-order valence-corrected chi connectivity index (χ2v) is 31.0. The third kappa shape index (κ3) is 68.4. The number of esters is 4. The zero-order chi connectivity index (χ0) is 68.7. The maximum absolute atomic E-state index is 13.1. The molecule has 0 saturated carbocycles. The predicted molar refractivity (Wildman–Crippen MR) is 377 cm³/mol. The van der Waals surface area contributed by atoms with Crippen LogP contribution in [0.4, 0.5) is 0 Å². The van der Waals surface area contributed by atoms with Crippen molar-refractivity contribution in [3.05, 3.63) is 0 Å².